The van der Waals surface area contributed by atoms with E-state index in [4.69, 9.17) is 25.5 Å². The lowest BCUT2D eigenvalue weighted by Gasteiger charge is -2.14. The first-order valence-corrected chi connectivity index (χ1v) is 10.2. The predicted octanol–water partition coefficient (Wildman–Crippen LogP) is 5.69. The van der Waals surface area contributed by atoms with Crippen LogP contribution in [0.3, 0.4) is 0 Å². The third kappa shape index (κ3) is 3.92. The van der Waals surface area contributed by atoms with Crippen LogP contribution in [0.1, 0.15) is 15.9 Å². The van der Waals surface area contributed by atoms with Crippen molar-refractivity contribution in [3.63, 3.8) is 0 Å². The molecule has 4 rings (SSSR count). The SMILES string of the molecule is COc1ccc(-c2c(NC(=O)c3ccc(Cl)cc3)oc3c(C)cccc3c2=O)cc1OC. The van der Waals surface area contributed by atoms with Gasteiger partial charge < -0.3 is 13.9 Å². The van der Waals surface area contributed by atoms with E-state index in [0.717, 1.165) is 5.56 Å². The maximum atomic E-state index is 13.5. The number of fused-ring (bicyclic) bond motifs is 1. The molecule has 0 aliphatic heterocycles. The molecule has 6 nitrogen and oxygen atoms in total. The number of benzene rings is 3. The van der Waals surface area contributed by atoms with E-state index in [9.17, 15) is 9.59 Å². The summed E-state index contributed by atoms with van der Waals surface area (Å²) in [4.78, 5) is 26.4. The number of aryl methyl sites for hydroxylation is 1. The number of carbonyl (C=O) groups excluding carboxylic acids is 1. The topological polar surface area (TPSA) is 77.8 Å². The van der Waals surface area contributed by atoms with Gasteiger partial charge in [0.15, 0.2) is 11.5 Å². The standard InChI is InChI=1S/C25H20ClNO5/c1-14-5-4-6-18-22(28)21(16-9-12-19(30-2)20(13-16)31-3)25(32-23(14)18)27-24(29)15-7-10-17(26)11-8-15/h4-13H,1-3H3,(H,27,29). The smallest absolute Gasteiger partial charge is 0.257 e. The van der Waals surface area contributed by atoms with E-state index in [0.29, 0.717) is 38.6 Å². The summed E-state index contributed by atoms with van der Waals surface area (Å²) in [6.07, 6.45) is 0. The summed E-state index contributed by atoms with van der Waals surface area (Å²) in [5, 5.41) is 3.68. The largest absolute Gasteiger partial charge is 0.493 e. The molecule has 1 N–H and O–H groups in total. The molecule has 0 fully saturated rings. The van der Waals surface area contributed by atoms with Gasteiger partial charge in [0.05, 0.1) is 25.2 Å². The summed E-state index contributed by atoms with van der Waals surface area (Å²) in [6, 6.07) is 16.8. The zero-order valence-corrected chi connectivity index (χ0v) is 18.4. The normalized spacial score (nSPS) is 10.8. The molecule has 0 bridgehead atoms. The van der Waals surface area contributed by atoms with Crippen LogP contribution in [0.4, 0.5) is 5.88 Å². The Morgan fingerprint density at radius 2 is 1.69 bits per heavy atom. The Morgan fingerprint density at radius 3 is 2.38 bits per heavy atom. The highest BCUT2D eigenvalue weighted by Gasteiger charge is 2.21. The first-order valence-electron chi connectivity index (χ1n) is 9.78. The lowest BCUT2D eigenvalue weighted by molar-refractivity contribution is 0.102. The molecule has 0 saturated carbocycles. The zero-order valence-electron chi connectivity index (χ0n) is 17.7. The maximum absolute atomic E-state index is 13.5. The fourth-order valence-corrected chi connectivity index (χ4v) is 3.60. The summed E-state index contributed by atoms with van der Waals surface area (Å²) in [6.45, 7) is 1.84. The van der Waals surface area contributed by atoms with Gasteiger partial charge in [0.25, 0.3) is 5.91 Å². The third-order valence-corrected chi connectivity index (χ3v) is 5.37. The van der Waals surface area contributed by atoms with Gasteiger partial charge >= 0.3 is 0 Å². The van der Waals surface area contributed by atoms with Crippen LogP contribution in [0.2, 0.25) is 5.02 Å². The average Bonchev–Trinajstić information content (AvgIpc) is 2.80. The van der Waals surface area contributed by atoms with E-state index in [1.165, 1.54) is 14.2 Å². The second kappa shape index (κ2) is 8.77. The zero-order chi connectivity index (χ0) is 22.8. The van der Waals surface area contributed by atoms with Crippen molar-refractivity contribution in [2.45, 2.75) is 6.92 Å². The average molecular weight is 450 g/mol. The van der Waals surface area contributed by atoms with Crippen molar-refractivity contribution in [1.82, 2.24) is 0 Å². The van der Waals surface area contributed by atoms with Gasteiger partial charge in [-0.1, -0.05) is 29.8 Å². The Labute approximate surface area is 189 Å². The van der Waals surface area contributed by atoms with Gasteiger partial charge in [-0.2, -0.15) is 0 Å². The number of rotatable bonds is 5. The lowest BCUT2D eigenvalue weighted by atomic mass is 10.0. The number of hydrogen-bond donors (Lipinski definition) is 1. The maximum Gasteiger partial charge on any atom is 0.257 e. The Balaban J connectivity index is 1.92. The van der Waals surface area contributed by atoms with Gasteiger partial charge in [-0.05, 0) is 60.5 Å². The van der Waals surface area contributed by atoms with E-state index in [1.807, 2.05) is 13.0 Å². The Morgan fingerprint density at radius 1 is 0.969 bits per heavy atom. The number of methoxy groups -OCH3 is 2. The Bertz CT molecular complexity index is 1380. The minimum atomic E-state index is -0.431. The monoisotopic (exact) mass is 449 g/mol. The van der Waals surface area contributed by atoms with Crippen molar-refractivity contribution in [2.75, 3.05) is 19.5 Å². The number of halogens is 1. The van der Waals surface area contributed by atoms with Crippen LogP contribution in [0.5, 0.6) is 11.5 Å². The Hall–Kier alpha value is -3.77. The fourth-order valence-electron chi connectivity index (χ4n) is 3.48. The molecule has 1 aromatic heterocycles. The van der Waals surface area contributed by atoms with Crippen molar-refractivity contribution in [2.24, 2.45) is 0 Å². The van der Waals surface area contributed by atoms with Gasteiger partial charge in [-0.25, -0.2) is 0 Å². The summed E-state index contributed by atoms with van der Waals surface area (Å²) in [5.41, 5.74) is 2.03. The molecule has 162 valence electrons. The molecule has 3 aromatic carbocycles. The molecule has 0 radical (unpaired) electrons. The number of carbonyl (C=O) groups is 1. The van der Waals surface area contributed by atoms with E-state index in [1.54, 1.807) is 54.6 Å². The van der Waals surface area contributed by atoms with Gasteiger partial charge in [0.1, 0.15) is 5.58 Å². The lowest BCUT2D eigenvalue weighted by Crippen LogP contribution is -2.16. The molecule has 32 heavy (non-hydrogen) atoms. The van der Waals surface area contributed by atoms with Gasteiger partial charge in [0.2, 0.25) is 11.3 Å². The van der Waals surface area contributed by atoms with Crippen LogP contribution in [0.15, 0.2) is 69.9 Å². The van der Waals surface area contributed by atoms with Crippen LogP contribution >= 0.6 is 11.6 Å². The first-order chi connectivity index (χ1) is 15.4. The van der Waals surface area contributed by atoms with E-state index in [2.05, 4.69) is 5.32 Å². The Kier molecular flexibility index (Phi) is 5.88. The van der Waals surface area contributed by atoms with Crippen molar-refractivity contribution in [1.29, 1.82) is 0 Å². The molecule has 1 heterocycles. The second-order valence-corrected chi connectivity index (χ2v) is 7.55. The van der Waals surface area contributed by atoms with Crippen LogP contribution in [-0.2, 0) is 0 Å². The number of ether oxygens (including phenoxy) is 2. The summed E-state index contributed by atoms with van der Waals surface area (Å²) < 4.78 is 16.8. The van der Waals surface area contributed by atoms with Gasteiger partial charge in [0, 0.05) is 10.6 Å². The third-order valence-electron chi connectivity index (χ3n) is 5.12. The first kappa shape index (κ1) is 21.5. The highest BCUT2D eigenvalue weighted by Crippen LogP contribution is 2.35. The molecular formula is C25H20ClNO5. The highest BCUT2D eigenvalue weighted by atomic mass is 35.5. The molecule has 7 heteroatoms. The quantitative estimate of drug-likeness (QED) is 0.423. The fraction of sp³-hybridized carbons (Fsp3) is 0.120. The van der Waals surface area contributed by atoms with Gasteiger partial charge in [-0.15, -0.1) is 0 Å². The van der Waals surface area contributed by atoms with Crippen LogP contribution < -0.4 is 20.2 Å². The van der Waals surface area contributed by atoms with Crippen molar-refractivity contribution >= 4 is 34.4 Å². The second-order valence-electron chi connectivity index (χ2n) is 7.12. The summed E-state index contributed by atoms with van der Waals surface area (Å²) in [7, 11) is 3.04. The van der Waals surface area contributed by atoms with E-state index < -0.39 is 5.91 Å². The van der Waals surface area contributed by atoms with Gasteiger partial charge in [-0.3, -0.25) is 14.9 Å². The number of nitrogens with one attached hydrogen (secondary N) is 1. The van der Waals surface area contributed by atoms with E-state index >= 15 is 0 Å². The molecule has 0 aliphatic rings. The molecular weight excluding hydrogens is 430 g/mol. The molecule has 1 amide bonds. The van der Waals surface area contributed by atoms with Crippen LogP contribution in [-0.4, -0.2) is 20.1 Å². The molecule has 0 atom stereocenters. The molecule has 0 aliphatic carbocycles. The van der Waals surface area contributed by atoms with Crippen molar-refractivity contribution < 1.29 is 18.7 Å². The summed E-state index contributed by atoms with van der Waals surface area (Å²) >= 11 is 5.92. The number of amides is 1. The number of para-hydroxylation sites is 1. The molecule has 0 saturated heterocycles. The van der Waals surface area contributed by atoms with Crippen molar-refractivity contribution in [3.8, 4) is 22.6 Å². The minimum Gasteiger partial charge on any atom is -0.493 e. The molecule has 0 spiro atoms. The summed E-state index contributed by atoms with van der Waals surface area (Å²) in [5.74, 6) is 0.580. The van der Waals surface area contributed by atoms with Crippen molar-refractivity contribution in [3.05, 3.63) is 87.0 Å². The predicted molar refractivity (Wildman–Crippen MR) is 125 cm³/mol. The number of anilines is 1. The highest BCUT2D eigenvalue weighted by molar-refractivity contribution is 6.30. The number of hydrogen-bond acceptors (Lipinski definition) is 5. The molecule has 0 unspecified atom stereocenters. The van der Waals surface area contributed by atoms with Crippen LogP contribution in [0, 0.1) is 6.92 Å². The minimum absolute atomic E-state index is 0.0453. The van der Waals surface area contributed by atoms with Crippen LogP contribution in [0.25, 0.3) is 22.1 Å². The van der Waals surface area contributed by atoms with E-state index in [-0.39, 0.29) is 16.9 Å². The molecule has 4 aromatic rings.